The van der Waals surface area contributed by atoms with E-state index in [4.69, 9.17) is 12.2 Å². The van der Waals surface area contributed by atoms with Crippen LogP contribution < -0.4 is 0 Å². The van der Waals surface area contributed by atoms with Gasteiger partial charge in [0.25, 0.3) is 0 Å². The molecule has 0 aromatic carbocycles. The van der Waals surface area contributed by atoms with Crippen molar-refractivity contribution in [2.24, 2.45) is 5.10 Å². The summed E-state index contributed by atoms with van der Waals surface area (Å²) in [7, 11) is 0. The number of hydrogen-bond acceptors (Lipinski definition) is 5. The first-order valence-corrected chi connectivity index (χ1v) is 6.27. The van der Waals surface area contributed by atoms with E-state index in [0.717, 1.165) is 11.1 Å². The summed E-state index contributed by atoms with van der Waals surface area (Å²) in [4.78, 5) is 8.03. The zero-order chi connectivity index (χ0) is 13.8. The van der Waals surface area contributed by atoms with Gasteiger partial charge in [0.05, 0.1) is 6.21 Å². The lowest BCUT2D eigenvalue weighted by Gasteiger charge is -1.99. The summed E-state index contributed by atoms with van der Waals surface area (Å²) >= 11 is 5.19. The van der Waals surface area contributed by atoms with Gasteiger partial charge in [0.2, 0.25) is 4.77 Å². The molecule has 7 heteroatoms. The summed E-state index contributed by atoms with van der Waals surface area (Å²) in [5.41, 5.74) is 1.77. The van der Waals surface area contributed by atoms with Crippen LogP contribution in [-0.4, -0.2) is 31.1 Å². The molecule has 6 nitrogen and oxygen atoms in total. The van der Waals surface area contributed by atoms with Crippen molar-refractivity contribution in [2.75, 3.05) is 0 Å². The van der Waals surface area contributed by atoms with Crippen molar-refractivity contribution >= 4 is 18.4 Å². The van der Waals surface area contributed by atoms with Gasteiger partial charge in [-0.2, -0.15) is 14.9 Å². The van der Waals surface area contributed by atoms with Crippen molar-refractivity contribution in [1.29, 1.82) is 0 Å². The maximum atomic E-state index is 5.19. The molecule has 3 rings (SSSR count). The van der Waals surface area contributed by atoms with Crippen molar-refractivity contribution in [3.8, 4) is 11.4 Å². The van der Waals surface area contributed by atoms with E-state index >= 15 is 0 Å². The van der Waals surface area contributed by atoms with E-state index in [2.05, 4.69) is 25.3 Å². The summed E-state index contributed by atoms with van der Waals surface area (Å²) in [5, 5.41) is 11.3. The first-order valence-electron chi connectivity index (χ1n) is 5.87. The van der Waals surface area contributed by atoms with Crippen LogP contribution in [0, 0.1) is 4.77 Å². The highest BCUT2D eigenvalue weighted by atomic mass is 32.1. The van der Waals surface area contributed by atoms with Crippen LogP contribution in [0.25, 0.3) is 11.4 Å². The normalized spacial score (nSPS) is 11.0. The fourth-order valence-corrected chi connectivity index (χ4v) is 1.83. The van der Waals surface area contributed by atoms with Crippen LogP contribution in [-0.2, 0) is 0 Å². The second-order valence-electron chi connectivity index (χ2n) is 3.93. The largest absolute Gasteiger partial charge is 0.265 e. The summed E-state index contributed by atoms with van der Waals surface area (Å²) in [6, 6.07) is 7.45. The standard InChI is InChI=1S/C13H10N6S/c20-13-18-17-12(11-2-1-5-15-9-11)19(13)16-8-10-3-6-14-7-4-10/h1-9H,(H,18,20). The zero-order valence-corrected chi connectivity index (χ0v) is 11.2. The fourth-order valence-electron chi connectivity index (χ4n) is 1.65. The van der Waals surface area contributed by atoms with Gasteiger partial charge in [-0.05, 0) is 42.0 Å². The van der Waals surface area contributed by atoms with Crippen LogP contribution in [0.5, 0.6) is 0 Å². The van der Waals surface area contributed by atoms with Gasteiger partial charge in [0.1, 0.15) is 0 Å². The SMILES string of the molecule is S=c1[nH]nc(-c2cccnc2)n1N=Cc1ccncc1. The van der Waals surface area contributed by atoms with E-state index in [0.29, 0.717) is 10.6 Å². The van der Waals surface area contributed by atoms with Gasteiger partial charge in [-0.3, -0.25) is 9.97 Å². The second kappa shape index (κ2) is 5.54. The Bertz CT molecular complexity index is 775. The highest BCUT2D eigenvalue weighted by Gasteiger charge is 2.07. The Kier molecular flexibility index (Phi) is 3.42. The molecule has 0 saturated heterocycles. The molecular weight excluding hydrogens is 272 g/mol. The van der Waals surface area contributed by atoms with Gasteiger partial charge < -0.3 is 0 Å². The Morgan fingerprint density at radius 1 is 1.15 bits per heavy atom. The van der Waals surface area contributed by atoms with Crippen LogP contribution in [0.2, 0.25) is 0 Å². The van der Waals surface area contributed by atoms with E-state index in [1.807, 2.05) is 24.3 Å². The maximum Gasteiger partial charge on any atom is 0.216 e. The quantitative estimate of drug-likeness (QED) is 0.591. The number of pyridine rings is 2. The minimum absolute atomic E-state index is 0.425. The van der Waals surface area contributed by atoms with Crippen molar-refractivity contribution in [2.45, 2.75) is 0 Å². The van der Waals surface area contributed by atoms with Crippen LogP contribution in [0.15, 0.2) is 54.2 Å². The fraction of sp³-hybridized carbons (Fsp3) is 0. The lowest BCUT2D eigenvalue weighted by molar-refractivity contribution is 0.871. The van der Waals surface area contributed by atoms with E-state index in [1.54, 1.807) is 35.7 Å². The lowest BCUT2D eigenvalue weighted by Crippen LogP contribution is -1.95. The molecule has 0 amide bonds. The van der Waals surface area contributed by atoms with Crippen LogP contribution >= 0.6 is 12.2 Å². The van der Waals surface area contributed by atoms with E-state index in [9.17, 15) is 0 Å². The van der Waals surface area contributed by atoms with Crippen molar-refractivity contribution in [3.05, 3.63) is 59.4 Å². The highest BCUT2D eigenvalue weighted by molar-refractivity contribution is 7.71. The molecule has 20 heavy (non-hydrogen) atoms. The summed E-state index contributed by atoms with van der Waals surface area (Å²) in [6.07, 6.45) is 8.53. The van der Waals surface area contributed by atoms with Crippen molar-refractivity contribution in [3.63, 3.8) is 0 Å². The molecular formula is C13H10N6S. The number of aromatic nitrogens is 5. The monoisotopic (exact) mass is 282 g/mol. The molecule has 3 aromatic heterocycles. The Morgan fingerprint density at radius 2 is 2.00 bits per heavy atom. The molecule has 0 spiro atoms. The average Bonchev–Trinajstić information content (AvgIpc) is 2.88. The zero-order valence-electron chi connectivity index (χ0n) is 10.3. The smallest absolute Gasteiger partial charge is 0.216 e. The molecule has 0 bridgehead atoms. The molecule has 3 aromatic rings. The van der Waals surface area contributed by atoms with Crippen LogP contribution in [0.4, 0.5) is 0 Å². The molecule has 0 saturated carbocycles. The number of nitrogens with one attached hydrogen (secondary N) is 1. The molecule has 0 fully saturated rings. The molecule has 3 heterocycles. The third-order valence-corrected chi connectivity index (χ3v) is 2.86. The molecule has 0 atom stereocenters. The van der Waals surface area contributed by atoms with Gasteiger partial charge in [0, 0.05) is 30.4 Å². The number of rotatable bonds is 3. The summed E-state index contributed by atoms with van der Waals surface area (Å²) < 4.78 is 1.99. The number of H-pyrrole nitrogens is 1. The Labute approximate surface area is 119 Å². The third kappa shape index (κ3) is 2.52. The Morgan fingerprint density at radius 3 is 2.75 bits per heavy atom. The predicted molar refractivity (Wildman–Crippen MR) is 77.9 cm³/mol. The topological polar surface area (TPSA) is 71.8 Å². The maximum absolute atomic E-state index is 5.19. The Hall–Kier alpha value is -2.67. The van der Waals surface area contributed by atoms with Gasteiger partial charge in [0.15, 0.2) is 5.82 Å². The van der Waals surface area contributed by atoms with E-state index in [-0.39, 0.29) is 0 Å². The van der Waals surface area contributed by atoms with Gasteiger partial charge in [-0.25, -0.2) is 5.10 Å². The van der Waals surface area contributed by atoms with Crippen molar-refractivity contribution < 1.29 is 0 Å². The number of nitrogens with zero attached hydrogens (tertiary/aromatic N) is 5. The van der Waals surface area contributed by atoms with Gasteiger partial charge in [-0.15, -0.1) is 0 Å². The first kappa shape index (κ1) is 12.4. The Balaban J connectivity index is 2.01. The molecule has 0 aliphatic carbocycles. The molecule has 0 aliphatic rings. The number of aromatic amines is 1. The average molecular weight is 282 g/mol. The molecule has 0 aliphatic heterocycles. The highest BCUT2D eigenvalue weighted by Crippen LogP contribution is 2.15. The lowest BCUT2D eigenvalue weighted by atomic mass is 10.3. The van der Waals surface area contributed by atoms with E-state index < -0.39 is 0 Å². The second-order valence-corrected chi connectivity index (χ2v) is 4.32. The van der Waals surface area contributed by atoms with Crippen molar-refractivity contribution in [1.82, 2.24) is 24.8 Å². The molecule has 98 valence electrons. The molecule has 0 unspecified atom stereocenters. The molecule has 1 N–H and O–H groups in total. The van der Waals surface area contributed by atoms with Crippen LogP contribution in [0.3, 0.4) is 0 Å². The van der Waals surface area contributed by atoms with E-state index in [1.165, 1.54) is 0 Å². The van der Waals surface area contributed by atoms with Gasteiger partial charge in [-0.1, -0.05) is 0 Å². The van der Waals surface area contributed by atoms with Gasteiger partial charge >= 0.3 is 0 Å². The predicted octanol–water partition coefficient (Wildman–Crippen LogP) is 2.28. The first-order chi connectivity index (χ1) is 9.84. The summed E-state index contributed by atoms with van der Waals surface area (Å²) in [6.45, 7) is 0. The number of hydrogen-bond donors (Lipinski definition) is 1. The molecule has 0 radical (unpaired) electrons. The minimum atomic E-state index is 0.425. The minimum Gasteiger partial charge on any atom is -0.265 e. The van der Waals surface area contributed by atoms with Crippen LogP contribution in [0.1, 0.15) is 5.56 Å². The third-order valence-electron chi connectivity index (χ3n) is 2.60. The summed E-state index contributed by atoms with van der Waals surface area (Å²) in [5.74, 6) is 0.619.